The molecule has 0 amide bonds. The molecule has 0 N–H and O–H groups in total. The van der Waals surface area contributed by atoms with Gasteiger partial charge in [0.25, 0.3) is 0 Å². The predicted molar refractivity (Wildman–Crippen MR) is 54.7 cm³/mol. The van der Waals surface area contributed by atoms with E-state index >= 15 is 0 Å². The molecule has 1 nitrogen and oxygen atoms in total. The van der Waals surface area contributed by atoms with Crippen LogP contribution in [0.15, 0.2) is 12.1 Å². The fourth-order valence-electron chi connectivity index (χ4n) is 1.40. The molecule has 0 radical (unpaired) electrons. The third-order valence-corrected chi connectivity index (χ3v) is 2.39. The minimum Gasteiger partial charge on any atom is -0.372 e. The molecule has 0 bridgehead atoms. The minimum atomic E-state index is -0.480. The molecule has 0 saturated heterocycles. The summed E-state index contributed by atoms with van der Waals surface area (Å²) in [6, 6.07) is 2.76. The molecule has 0 aromatic heterocycles. The molecule has 0 saturated carbocycles. The molecule has 1 rings (SSSR count). The molecule has 0 aliphatic rings. The summed E-state index contributed by atoms with van der Waals surface area (Å²) in [6.45, 7) is 6.85. The van der Waals surface area contributed by atoms with Gasteiger partial charge < -0.3 is 4.90 Å². The Morgan fingerprint density at radius 1 is 1.07 bits per heavy atom. The first-order valence-electron chi connectivity index (χ1n) is 4.80. The number of halogens is 2. The van der Waals surface area contributed by atoms with Crippen LogP contribution in [0.1, 0.15) is 19.4 Å². The third kappa shape index (κ3) is 2.03. The Morgan fingerprint density at radius 2 is 1.50 bits per heavy atom. The second-order valence-electron chi connectivity index (χ2n) is 3.21. The average Bonchev–Trinajstić information content (AvgIpc) is 2.16. The van der Waals surface area contributed by atoms with Crippen LogP contribution in [-0.4, -0.2) is 13.1 Å². The molecule has 14 heavy (non-hydrogen) atoms. The van der Waals surface area contributed by atoms with Crippen LogP contribution in [0.25, 0.3) is 0 Å². The van der Waals surface area contributed by atoms with Gasteiger partial charge in [-0.05, 0) is 32.9 Å². The van der Waals surface area contributed by atoms with E-state index in [9.17, 15) is 8.78 Å². The van der Waals surface area contributed by atoms with Crippen molar-refractivity contribution in [1.82, 2.24) is 0 Å². The first-order chi connectivity index (χ1) is 6.60. The van der Waals surface area contributed by atoms with Crippen molar-refractivity contribution in [3.8, 4) is 0 Å². The summed E-state index contributed by atoms with van der Waals surface area (Å²) in [5, 5.41) is 0. The largest absolute Gasteiger partial charge is 0.372 e. The second-order valence-corrected chi connectivity index (χ2v) is 3.21. The van der Waals surface area contributed by atoms with Crippen LogP contribution < -0.4 is 4.90 Å². The Bertz CT molecular complexity index is 296. The SMILES string of the molecule is CCN(CC)c1cc(F)c(C)c(F)c1. The monoisotopic (exact) mass is 199 g/mol. The van der Waals surface area contributed by atoms with Gasteiger partial charge in [-0.25, -0.2) is 8.78 Å². The van der Waals surface area contributed by atoms with Crippen molar-refractivity contribution in [2.24, 2.45) is 0 Å². The van der Waals surface area contributed by atoms with Crippen LogP contribution in [0.2, 0.25) is 0 Å². The standard InChI is InChI=1S/C11H15F2N/c1-4-14(5-2)9-6-10(12)8(3)11(13)7-9/h6-7H,4-5H2,1-3H3. The Kier molecular flexibility index (Phi) is 3.44. The lowest BCUT2D eigenvalue weighted by molar-refractivity contribution is 0.567. The van der Waals surface area contributed by atoms with Gasteiger partial charge in [0.05, 0.1) is 0 Å². The van der Waals surface area contributed by atoms with Gasteiger partial charge in [-0.15, -0.1) is 0 Å². The fraction of sp³-hybridized carbons (Fsp3) is 0.455. The van der Waals surface area contributed by atoms with Crippen LogP contribution in [-0.2, 0) is 0 Å². The third-order valence-electron chi connectivity index (χ3n) is 2.39. The second kappa shape index (κ2) is 4.40. The first kappa shape index (κ1) is 11.0. The zero-order chi connectivity index (χ0) is 10.7. The maximum atomic E-state index is 13.2. The highest BCUT2D eigenvalue weighted by Gasteiger charge is 2.09. The minimum absolute atomic E-state index is 0.0842. The van der Waals surface area contributed by atoms with Crippen LogP contribution in [0.5, 0.6) is 0 Å². The summed E-state index contributed by atoms with van der Waals surface area (Å²) < 4.78 is 26.4. The molecule has 3 heteroatoms. The maximum absolute atomic E-state index is 13.2. The number of nitrogens with zero attached hydrogens (tertiary/aromatic N) is 1. The summed E-state index contributed by atoms with van der Waals surface area (Å²) in [6.07, 6.45) is 0. The molecular weight excluding hydrogens is 184 g/mol. The highest BCUT2D eigenvalue weighted by molar-refractivity contribution is 5.48. The maximum Gasteiger partial charge on any atom is 0.131 e. The fourth-order valence-corrected chi connectivity index (χ4v) is 1.40. The van der Waals surface area contributed by atoms with Gasteiger partial charge in [-0.2, -0.15) is 0 Å². The van der Waals surface area contributed by atoms with E-state index in [2.05, 4.69) is 0 Å². The lowest BCUT2D eigenvalue weighted by atomic mass is 10.2. The molecule has 78 valence electrons. The quantitative estimate of drug-likeness (QED) is 0.723. The summed E-state index contributed by atoms with van der Waals surface area (Å²) in [5.74, 6) is -0.959. The van der Waals surface area contributed by atoms with Crippen molar-refractivity contribution in [1.29, 1.82) is 0 Å². The number of rotatable bonds is 3. The molecule has 1 aromatic rings. The van der Waals surface area contributed by atoms with E-state index in [0.29, 0.717) is 5.69 Å². The molecule has 0 atom stereocenters. The van der Waals surface area contributed by atoms with E-state index in [-0.39, 0.29) is 5.56 Å². The van der Waals surface area contributed by atoms with Gasteiger partial charge in [0, 0.05) is 24.3 Å². The molecule has 1 aromatic carbocycles. The molecular formula is C11H15F2N. The van der Waals surface area contributed by atoms with Crippen molar-refractivity contribution in [2.45, 2.75) is 20.8 Å². The zero-order valence-corrected chi connectivity index (χ0v) is 8.77. The molecule has 0 fully saturated rings. The van der Waals surface area contributed by atoms with E-state index in [1.165, 1.54) is 19.1 Å². The Morgan fingerprint density at radius 3 is 1.86 bits per heavy atom. The zero-order valence-electron chi connectivity index (χ0n) is 8.77. The highest BCUT2D eigenvalue weighted by atomic mass is 19.1. The number of hydrogen-bond donors (Lipinski definition) is 0. The summed E-state index contributed by atoms with van der Waals surface area (Å²) in [7, 11) is 0. The van der Waals surface area contributed by atoms with E-state index in [1.54, 1.807) is 0 Å². The van der Waals surface area contributed by atoms with E-state index < -0.39 is 11.6 Å². The van der Waals surface area contributed by atoms with Crippen molar-refractivity contribution >= 4 is 5.69 Å². The number of anilines is 1. The van der Waals surface area contributed by atoms with Gasteiger partial charge in [0.1, 0.15) is 11.6 Å². The van der Waals surface area contributed by atoms with Crippen molar-refractivity contribution < 1.29 is 8.78 Å². The molecule has 0 spiro atoms. The Balaban J connectivity index is 3.11. The summed E-state index contributed by atoms with van der Waals surface area (Å²) in [5.41, 5.74) is 0.691. The van der Waals surface area contributed by atoms with Crippen LogP contribution in [0.3, 0.4) is 0 Å². The van der Waals surface area contributed by atoms with E-state index in [4.69, 9.17) is 0 Å². The highest BCUT2D eigenvalue weighted by Crippen LogP contribution is 2.21. The van der Waals surface area contributed by atoms with E-state index in [1.807, 2.05) is 18.7 Å². The van der Waals surface area contributed by atoms with Crippen LogP contribution in [0, 0.1) is 18.6 Å². The van der Waals surface area contributed by atoms with Gasteiger partial charge in [0.2, 0.25) is 0 Å². The summed E-state index contributed by atoms with van der Waals surface area (Å²) >= 11 is 0. The molecule has 0 unspecified atom stereocenters. The first-order valence-corrected chi connectivity index (χ1v) is 4.80. The number of benzene rings is 1. The normalized spacial score (nSPS) is 10.4. The average molecular weight is 199 g/mol. The molecule has 0 aliphatic heterocycles. The number of hydrogen-bond acceptors (Lipinski definition) is 1. The Hall–Kier alpha value is -1.12. The van der Waals surface area contributed by atoms with Crippen molar-refractivity contribution in [3.63, 3.8) is 0 Å². The summed E-state index contributed by atoms with van der Waals surface area (Å²) in [4.78, 5) is 1.91. The molecule has 0 heterocycles. The van der Waals surface area contributed by atoms with Gasteiger partial charge in [-0.3, -0.25) is 0 Å². The Labute approximate surface area is 83.3 Å². The predicted octanol–water partition coefficient (Wildman–Crippen LogP) is 3.12. The topological polar surface area (TPSA) is 3.24 Å². The van der Waals surface area contributed by atoms with Crippen LogP contribution >= 0.6 is 0 Å². The van der Waals surface area contributed by atoms with Gasteiger partial charge in [-0.1, -0.05) is 0 Å². The van der Waals surface area contributed by atoms with Crippen molar-refractivity contribution in [3.05, 3.63) is 29.3 Å². The van der Waals surface area contributed by atoms with Crippen molar-refractivity contribution in [2.75, 3.05) is 18.0 Å². The molecule has 0 aliphatic carbocycles. The van der Waals surface area contributed by atoms with Gasteiger partial charge in [0.15, 0.2) is 0 Å². The van der Waals surface area contributed by atoms with E-state index in [0.717, 1.165) is 13.1 Å². The van der Waals surface area contributed by atoms with Gasteiger partial charge >= 0.3 is 0 Å². The lowest BCUT2D eigenvalue weighted by Crippen LogP contribution is -2.22. The lowest BCUT2D eigenvalue weighted by Gasteiger charge is -2.21. The van der Waals surface area contributed by atoms with Crippen LogP contribution in [0.4, 0.5) is 14.5 Å². The smallest absolute Gasteiger partial charge is 0.131 e.